The van der Waals surface area contributed by atoms with Crippen molar-refractivity contribution in [2.75, 3.05) is 10.6 Å². The lowest BCUT2D eigenvalue weighted by Crippen LogP contribution is -2.22. The molecule has 24 heavy (non-hydrogen) atoms. The highest BCUT2D eigenvalue weighted by Gasteiger charge is 2.16. The molecule has 0 heterocycles. The molecule has 0 saturated heterocycles. The van der Waals surface area contributed by atoms with Crippen molar-refractivity contribution in [3.05, 3.63) is 45.4 Å². The molecule has 0 spiro atoms. The zero-order valence-electron chi connectivity index (χ0n) is 12.5. The van der Waals surface area contributed by atoms with Gasteiger partial charge in [-0.2, -0.15) is 0 Å². The molecule has 0 aliphatic carbocycles. The Balaban J connectivity index is 2.22. The number of aromatic hydroxyl groups is 1. The molecule has 1 amide bonds. The minimum Gasteiger partial charge on any atom is -0.506 e. The molecule has 1 unspecified atom stereocenters. The predicted molar refractivity (Wildman–Crippen MR) is 104 cm³/mol. The van der Waals surface area contributed by atoms with Gasteiger partial charge in [0, 0.05) is 11.8 Å². The van der Waals surface area contributed by atoms with E-state index < -0.39 is 0 Å². The fourth-order valence-corrected chi connectivity index (χ4v) is 2.51. The fraction of sp³-hybridized carbons (Fsp3) is 0.188. The average molecular weight is 453 g/mol. The fourth-order valence-electron chi connectivity index (χ4n) is 1.88. The van der Waals surface area contributed by atoms with Crippen molar-refractivity contribution in [3.63, 3.8) is 0 Å². The molecule has 0 radical (unpaired) electrons. The van der Waals surface area contributed by atoms with Crippen LogP contribution in [0.4, 0.5) is 17.1 Å². The Morgan fingerprint density at radius 1 is 1.12 bits per heavy atom. The van der Waals surface area contributed by atoms with E-state index in [0.29, 0.717) is 38.6 Å². The van der Waals surface area contributed by atoms with Gasteiger partial charge in [-0.05, 0) is 30.7 Å². The monoisotopic (exact) mass is 450 g/mol. The van der Waals surface area contributed by atoms with Gasteiger partial charge in [0.25, 0.3) is 0 Å². The van der Waals surface area contributed by atoms with Crippen LogP contribution in [-0.2, 0) is 4.79 Å². The number of anilines is 3. The molecule has 0 bridgehead atoms. The van der Waals surface area contributed by atoms with Crippen LogP contribution in [-0.4, -0.2) is 15.8 Å². The van der Waals surface area contributed by atoms with Gasteiger partial charge in [0.1, 0.15) is 5.75 Å². The lowest BCUT2D eigenvalue weighted by atomic mass is 10.2. The summed E-state index contributed by atoms with van der Waals surface area (Å²) in [6.07, 6.45) is 0.631. The van der Waals surface area contributed by atoms with Crippen molar-refractivity contribution >= 4 is 73.7 Å². The molecular formula is C16H14BrCl3N2O2. The Morgan fingerprint density at radius 2 is 1.83 bits per heavy atom. The van der Waals surface area contributed by atoms with E-state index in [2.05, 4.69) is 26.6 Å². The first-order valence-corrected chi connectivity index (χ1v) is 9.06. The third-order valence-corrected chi connectivity index (χ3v) is 5.30. The molecule has 128 valence electrons. The topological polar surface area (TPSA) is 61.4 Å². The van der Waals surface area contributed by atoms with E-state index in [4.69, 9.17) is 34.8 Å². The van der Waals surface area contributed by atoms with Gasteiger partial charge < -0.3 is 15.7 Å². The number of phenols is 1. The smallest absolute Gasteiger partial charge is 0.238 e. The van der Waals surface area contributed by atoms with Crippen LogP contribution in [0.5, 0.6) is 5.75 Å². The number of alkyl halides is 1. The lowest BCUT2D eigenvalue weighted by molar-refractivity contribution is -0.115. The molecule has 2 aromatic rings. The maximum atomic E-state index is 11.9. The predicted octanol–water partition coefficient (Wildman–Crippen LogP) is 6.21. The maximum Gasteiger partial charge on any atom is 0.238 e. The molecule has 4 nitrogen and oxygen atoms in total. The number of hydrogen-bond acceptors (Lipinski definition) is 3. The molecule has 0 aromatic heterocycles. The van der Waals surface area contributed by atoms with Crippen molar-refractivity contribution in [2.24, 2.45) is 0 Å². The highest BCUT2D eigenvalue weighted by Crippen LogP contribution is 2.36. The van der Waals surface area contributed by atoms with Crippen LogP contribution >= 0.6 is 50.7 Å². The van der Waals surface area contributed by atoms with Gasteiger partial charge in [0.2, 0.25) is 5.91 Å². The van der Waals surface area contributed by atoms with Gasteiger partial charge in [0.15, 0.2) is 0 Å². The first-order chi connectivity index (χ1) is 11.3. The van der Waals surface area contributed by atoms with E-state index in [9.17, 15) is 9.90 Å². The minimum absolute atomic E-state index is 0.0663. The summed E-state index contributed by atoms with van der Waals surface area (Å²) in [7, 11) is 0. The van der Waals surface area contributed by atoms with Gasteiger partial charge in [-0.15, -0.1) is 0 Å². The number of rotatable bonds is 5. The van der Waals surface area contributed by atoms with Crippen LogP contribution < -0.4 is 10.6 Å². The van der Waals surface area contributed by atoms with Gasteiger partial charge in [-0.1, -0.05) is 57.7 Å². The number of nitrogens with one attached hydrogen (secondary N) is 2. The van der Waals surface area contributed by atoms with Crippen molar-refractivity contribution in [1.82, 2.24) is 0 Å². The summed E-state index contributed by atoms with van der Waals surface area (Å²) in [6.45, 7) is 1.88. The molecular weight excluding hydrogens is 438 g/mol. The second-order valence-corrected chi connectivity index (χ2v) is 7.30. The van der Waals surface area contributed by atoms with Gasteiger partial charge in [0.05, 0.1) is 31.3 Å². The highest BCUT2D eigenvalue weighted by molar-refractivity contribution is 9.10. The van der Waals surface area contributed by atoms with Crippen LogP contribution in [0.1, 0.15) is 13.3 Å². The van der Waals surface area contributed by atoms with E-state index >= 15 is 0 Å². The normalized spacial score (nSPS) is 11.9. The van der Waals surface area contributed by atoms with E-state index in [1.807, 2.05) is 6.92 Å². The van der Waals surface area contributed by atoms with E-state index in [0.717, 1.165) is 0 Å². The number of carbonyl (C=O) groups excluding carboxylic acids is 1. The van der Waals surface area contributed by atoms with Gasteiger partial charge in [-0.3, -0.25) is 4.79 Å². The van der Waals surface area contributed by atoms with Gasteiger partial charge in [-0.25, -0.2) is 0 Å². The number of carbonyl (C=O) groups is 1. The quantitative estimate of drug-likeness (QED) is 0.373. The summed E-state index contributed by atoms with van der Waals surface area (Å²) in [5.41, 5.74) is 1.35. The molecule has 0 saturated carbocycles. The summed E-state index contributed by atoms with van der Waals surface area (Å²) in [5, 5.41) is 16.9. The Hall–Kier alpha value is -1.14. The molecule has 0 fully saturated rings. The zero-order chi connectivity index (χ0) is 17.9. The van der Waals surface area contributed by atoms with Crippen LogP contribution in [0.25, 0.3) is 0 Å². The minimum atomic E-state index is -0.329. The molecule has 0 aliphatic heterocycles. The lowest BCUT2D eigenvalue weighted by Gasteiger charge is -2.14. The third kappa shape index (κ3) is 4.70. The van der Waals surface area contributed by atoms with Crippen LogP contribution in [0.3, 0.4) is 0 Å². The Morgan fingerprint density at radius 3 is 2.46 bits per heavy atom. The highest BCUT2D eigenvalue weighted by atomic mass is 79.9. The largest absolute Gasteiger partial charge is 0.506 e. The maximum absolute atomic E-state index is 11.9. The van der Waals surface area contributed by atoms with Crippen LogP contribution in [0.2, 0.25) is 15.1 Å². The molecule has 2 rings (SSSR count). The zero-order valence-corrected chi connectivity index (χ0v) is 16.4. The molecule has 0 aliphatic rings. The number of phenolic OH excluding ortho intramolecular Hbond substituents is 1. The molecule has 1 atom stereocenters. The Kier molecular flexibility index (Phi) is 6.63. The third-order valence-electron chi connectivity index (χ3n) is 3.18. The first-order valence-electron chi connectivity index (χ1n) is 7.01. The first kappa shape index (κ1) is 19.2. The molecule has 8 heteroatoms. The summed E-state index contributed by atoms with van der Waals surface area (Å²) in [4.78, 5) is 11.6. The number of amides is 1. The summed E-state index contributed by atoms with van der Waals surface area (Å²) in [6, 6.07) is 7.89. The second-order valence-electron chi connectivity index (χ2n) is 4.97. The SMILES string of the molecule is CCC(Br)C(=O)Nc1cc(O)c(Nc2ccc(Cl)c(Cl)c2)cc1Cl. The van der Waals surface area contributed by atoms with Crippen molar-refractivity contribution < 1.29 is 9.90 Å². The summed E-state index contributed by atoms with van der Waals surface area (Å²) in [5.74, 6) is -0.299. The summed E-state index contributed by atoms with van der Waals surface area (Å²) < 4.78 is 0. The molecule has 2 aromatic carbocycles. The van der Waals surface area contributed by atoms with Crippen LogP contribution in [0, 0.1) is 0 Å². The summed E-state index contributed by atoms with van der Waals surface area (Å²) >= 11 is 21.3. The van der Waals surface area contributed by atoms with Crippen molar-refractivity contribution in [3.8, 4) is 5.75 Å². The molecule has 3 N–H and O–H groups in total. The van der Waals surface area contributed by atoms with E-state index in [1.165, 1.54) is 12.1 Å². The number of hydrogen-bond donors (Lipinski definition) is 3. The number of halogens is 4. The number of benzene rings is 2. The van der Waals surface area contributed by atoms with Crippen molar-refractivity contribution in [2.45, 2.75) is 18.2 Å². The Bertz CT molecular complexity index is 771. The van der Waals surface area contributed by atoms with Crippen LogP contribution in [0.15, 0.2) is 30.3 Å². The standard InChI is InChI=1S/C16H14BrCl3N2O2/c1-2-9(17)16(24)22-13-7-15(23)14(6-12(13)20)21-8-3-4-10(18)11(19)5-8/h3-7,9,21,23H,2H2,1H3,(H,22,24). The average Bonchev–Trinajstić information content (AvgIpc) is 2.54. The van der Waals surface area contributed by atoms with E-state index in [-0.39, 0.29) is 16.5 Å². The second kappa shape index (κ2) is 8.30. The van der Waals surface area contributed by atoms with E-state index in [1.54, 1.807) is 18.2 Å². The van der Waals surface area contributed by atoms with Crippen molar-refractivity contribution in [1.29, 1.82) is 0 Å². The van der Waals surface area contributed by atoms with Gasteiger partial charge >= 0.3 is 0 Å². The Labute approximate surface area is 163 Å².